The van der Waals surface area contributed by atoms with E-state index in [0.717, 1.165) is 18.6 Å². The molecule has 2 aromatic heterocycles. The molecule has 0 aliphatic carbocycles. The Balaban J connectivity index is 1.96. The highest BCUT2D eigenvalue weighted by Gasteiger charge is 2.22. The second-order valence-electron chi connectivity index (χ2n) is 7.87. The molecule has 2 heterocycles. The molecule has 7 heteroatoms. The lowest BCUT2D eigenvalue weighted by Gasteiger charge is -2.26. The maximum Gasteiger partial charge on any atom is 0.231 e. The number of hydrogen-bond acceptors (Lipinski definition) is 5. The lowest BCUT2D eigenvalue weighted by molar-refractivity contribution is 0.200. The Morgan fingerprint density at radius 1 is 1.24 bits per heavy atom. The standard InChI is InChI=1S/C22H22F2N4O/c1-13(2)9-22(3,26)12-29-21-14(10-25)6-15(11-28-21)17-4-5-27-19-8-16(23)7-18(24)20(17)19/h4-8,11,13H,9,12,26H2,1-3H3. The fourth-order valence-corrected chi connectivity index (χ4v) is 3.46. The number of benzene rings is 1. The minimum atomic E-state index is -0.727. The maximum absolute atomic E-state index is 14.4. The topological polar surface area (TPSA) is 84.8 Å². The van der Waals surface area contributed by atoms with Crippen molar-refractivity contribution < 1.29 is 13.5 Å². The SMILES string of the molecule is CC(C)CC(C)(N)COc1ncc(-c2ccnc3cc(F)cc(F)c23)cc1C#N. The molecule has 2 N–H and O–H groups in total. The fraction of sp³-hybridized carbons (Fsp3) is 0.318. The summed E-state index contributed by atoms with van der Waals surface area (Å²) in [5.74, 6) is -0.861. The second-order valence-corrected chi connectivity index (χ2v) is 7.87. The van der Waals surface area contributed by atoms with Crippen LogP contribution in [0.25, 0.3) is 22.0 Å². The second kappa shape index (κ2) is 8.10. The third-order valence-corrected chi connectivity index (χ3v) is 4.45. The number of hydrogen-bond donors (Lipinski definition) is 1. The summed E-state index contributed by atoms with van der Waals surface area (Å²) in [5.41, 5.74) is 7.05. The Kier molecular flexibility index (Phi) is 5.76. The normalized spacial score (nSPS) is 13.3. The molecule has 0 amide bonds. The molecule has 0 spiro atoms. The Hall–Kier alpha value is -3.11. The van der Waals surface area contributed by atoms with Crippen molar-refractivity contribution >= 4 is 10.9 Å². The van der Waals surface area contributed by atoms with Gasteiger partial charge in [0.2, 0.25) is 5.88 Å². The lowest BCUT2D eigenvalue weighted by atomic mass is 9.93. The Morgan fingerprint density at radius 3 is 2.69 bits per heavy atom. The number of ether oxygens (including phenoxy) is 1. The quantitative estimate of drug-likeness (QED) is 0.659. The first kappa shape index (κ1) is 20.6. The number of rotatable bonds is 6. The van der Waals surface area contributed by atoms with Crippen molar-refractivity contribution in [1.82, 2.24) is 9.97 Å². The largest absolute Gasteiger partial charge is 0.475 e. The first-order valence-electron chi connectivity index (χ1n) is 9.26. The van der Waals surface area contributed by atoms with Gasteiger partial charge in [-0.3, -0.25) is 4.98 Å². The summed E-state index contributed by atoms with van der Waals surface area (Å²) in [6.45, 7) is 6.24. The van der Waals surface area contributed by atoms with Gasteiger partial charge in [-0.1, -0.05) is 13.8 Å². The van der Waals surface area contributed by atoms with Crippen molar-refractivity contribution in [3.05, 3.63) is 53.9 Å². The van der Waals surface area contributed by atoms with Crippen LogP contribution in [0.15, 0.2) is 36.7 Å². The highest BCUT2D eigenvalue weighted by molar-refractivity contribution is 5.94. The smallest absolute Gasteiger partial charge is 0.231 e. The van der Waals surface area contributed by atoms with Gasteiger partial charge < -0.3 is 10.5 Å². The molecule has 0 saturated heterocycles. The maximum atomic E-state index is 14.4. The summed E-state index contributed by atoms with van der Waals surface area (Å²) in [4.78, 5) is 8.27. The molecule has 1 aromatic carbocycles. The fourth-order valence-electron chi connectivity index (χ4n) is 3.46. The first-order chi connectivity index (χ1) is 13.7. The number of halogens is 2. The third-order valence-electron chi connectivity index (χ3n) is 4.45. The molecular weight excluding hydrogens is 374 g/mol. The van der Waals surface area contributed by atoms with Crippen LogP contribution in [0.5, 0.6) is 5.88 Å². The van der Waals surface area contributed by atoms with E-state index in [-0.39, 0.29) is 29.0 Å². The van der Waals surface area contributed by atoms with E-state index < -0.39 is 17.2 Å². The average Bonchev–Trinajstić information content (AvgIpc) is 2.64. The van der Waals surface area contributed by atoms with E-state index >= 15 is 0 Å². The van der Waals surface area contributed by atoms with Crippen LogP contribution in [0.3, 0.4) is 0 Å². The summed E-state index contributed by atoms with van der Waals surface area (Å²) >= 11 is 0. The van der Waals surface area contributed by atoms with Crippen LogP contribution in [0.4, 0.5) is 8.78 Å². The van der Waals surface area contributed by atoms with E-state index in [2.05, 4.69) is 29.9 Å². The molecule has 150 valence electrons. The average molecular weight is 396 g/mol. The minimum Gasteiger partial charge on any atom is -0.475 e. The summed E-state index contributed by atoms with van der Waals surface area (Å²) < 4.78 is 33.6. The molecular formula is C22H22F2N4O. The molecule has 0 fully saturated rings. The van der Waals surface area contributed by atoms with Gasteiger partial charge in [0.25, 0.3) is 0 Å². The molecule has 0 radical (unpaired) electrons. The predicted molar refractivity (Wildman–Crippen MR) is 107 cm³/mol. The number of pyridine rings is 2. The minimum absolute atomic E-state index is 0.166. The molecule has 1 unspecified atom stereocenters. The molecule has 0 bridgehead atoms. The molecule has 0 aliphatic heterocycles. The van der Waals surface area contributed by atoms with Gasteiger partial charge in [0, 0.05) is 41.0 Å². The highest BCUT2D eigenvalue weighted by Crippen LogP contribution is 2.32. The zero-order valence-electron chi connectivity index (χ0n) is 16.5. The van der Waals surface area contributed by atoms with Crippen LogP contribution in [-0.2, 0) is 0 Å². The summed E-state index contributed by atoms with van der Waals surface area (Å²) in [6.07, 6.45) is 3.70. The van der Waals surface area contributed by atoms with Crippen LogP contribution in [0.1, 0.15) is 32.8 Å². The molecule has 3 aromatic rings. The third kappa shape index (κ3) is 4.66. The first-order valence-corrected chi connectivity index (χ1v) is 9.26. The van der Waals surface area contributed by atoms with Crippen LogP contribution < -0.4 is 10.5 Å². The van der Waals surface area contributed by atoms with E-state index in [1.165, 1.54) is 12.4 Å². The van der Waals surface area contributed by atoms with Crippen molar-refractivity contribution in [3.8, 4) is 23.1 Å². The lowest BCUT2D eigenvalue weighted by Crippen LogP contribution is -2.43. The summed E-state index contributed by atoms with van der Waals surface area (Å²) in [5, 5.41) is 9.70. The monoisotopic (exact) mass is 396 g/mol. The zero-order valence-corrected chi connectivity index (χ0v) is 16.5. The zero-order chi connectivity index (χ0) is 21.2. The molecule has 29 heavy (non-hydrogen) atoms. The van der Waals surface area contributed by atoms with Crippen molar-refractivity contribution in [2.75, 3.05) is 6.61 Å². The molecule has 0 aliphatic rings. The number of nitriles is 1. The van der Waals surface area contributed by atoms with Gasteiger partial charge in [-0.25, -0.2) is 13.8 Å². The van der Waals surface area contributed by atoms with Crippen molar-refractivity contribution in [3.63, 3.8) is 0 Å². The molecule has 5 nitrogen and oxygen atoms in total. The van der Waals surface area contributed by atoms with Gasteiger partial charge in [-0.2, -0.15) is 5.26 Å². The van der Waals surface area contributed by atoms with E-state index in [0.29, 0.717) is 17.0 Å². The van der Waals surface area contributed by atoms with Crippen LogP contribution in [-0.4, -0.2) is 22.1 Å². The van der Waals surface area contributed by atoms with Gasteiger partial charge in [0.05, 0.1) is 5.52 Å². The van der Waals surface area contributed by atoms with Crippen LogP contribution in [0, 0.1) is 28.9 Å². The molecule has 0 saturated carbocycles. The van der Waals surface area contributed by atoms with Gasteiger partial charge in [-0.05, 0) is 37.0 Å². The highest BCUT2D eigenvalue weighted by atomic mass is 19.1. The van der Waals surface area contributed by atoms with E-state index in [1.807, 2.05) is 6.92 Å². The number of nitrogens with zero attached hydrogens (tertiary/aromatic N) is 3. The summed E-state index contributed by atoms with van der Waals surface area (Å²) in [6, 6.07) is 7.19. The van der Waals surface area contributed by atoms with Crippen LogP contribution >= 0.6 is 0 Å². The number of nitrogens with two attached hydrogens (primary N) is 1. The Morgan fingerprint density at radius 2 is 2.00 bits per heavy atom. The van der Waals surface area contributed by atoms with Gasteiger partial charge in [0.1, 0.15) is 29.9 Å². The van der Waals surface area contributed by atoms with Crippen molar-refractivity contribution in [1.29, 1.82) is 5.26 Å². The van der Waals surface area contributed by atoms with Gasteiger partial charge in [0.15, 0.2) is 0 Å². The van der Waals surface area contributed by atoms with Crippen molar-refractivity contribution in [2.45, 2.75) is 32.7 Å². The van der Waals surface area contributed by atoms with Gasteiger partial charge in [-0.15, -0.1) is 0 Å². The van der Waals surface area contributed by atoms with E-state index in [4.69, 9.17) is 10.5 Å². The van der Waals surface area contributed by atoms with Crippen molar-refractivity contribution in [2.24, 2.45) is 11.7 Å². The number of aromatic nitrogens is 2. The molecule has 1 atom stereocenters. The number of fused-ring (bicyclic) bond motifs is 1. The van der Waals surface area contributed by atoms with Crippen LogP contribution in [0.2, 0.25) is 0 Å². The Labute approximate surface area is 168 Å². The van der Waals surface area contributed by atoms with Gasteiger partial charge >= 0.3 is 0 Å². The summed E-state index contributed by atoms with van der Waals surface area (Å²) in [7, 11) is 0. The predicted octanol–water partition coefficient (Wildman–Crippen LogP) is 4.59. The Bertz CT molecular complexity index is 1090. The van der Waals surface area contributed by atoms with E-state index in [9.17, 15) is 14.0 Å². The van der Waals surface area contributed by atoms with E-state index in [1.54, 1.807) is 12.1 Å². The molecule has 3 rings (SSSR count).